The molecule has 1 aromatic rings. The zero-order chi connectivity index (χ0) is 22.6. The molecule has 0 spiro atoms. The highest BCUT2D eigenvalue weighted by Gasteiger charge is 2.30. The molecule has 30 heavy (non-hydrogen) atoms. The van der Waals surface area contributed by atoms with Gasteiger partial charge in [0.2, 0.25) is 0 Å². The lowest BCUT2D eigenvalue weighted by Gasteiger charge is -2.22. The third kappa shape index (κ3) is 9.93. The number of carbonyl (C=O) groups excluding carboxylic acids is 2. The fraction of sp³-hybridized carbons (Fsp3) is 0.636. The Kier molecular flexibility index (Phi) is 11.4. The summed E-state index contributed by atoms with van der Waals surface area (Å²) in [4.78, 5) is 34.1. The van der Waals surface area contributed by atoms with Gasteiger partial charge in [-0.3, -0.25) is 9.59 Å². The predicted octanol–water partition coefficient (Wildman–Crippen LogP) is 3.74. The van der Waals surface area contributed by atoms with Gasteiger partial charge in [-0.05, 0) is 39.7 Å². The van der Waals surface area contributed by atoms with Crippen molar-refractivity contribution in [3.8, 4) is 0 Å². The van der Waals surface area contributed by atoms with Gasteiger partial charge in [0.15, 0.2) is 0 Å². The Morgan fingerprint density at radius 1 is 0.967 bits per heavy atom. The molecule has 7 nitrogen and oxygen atoms in total. The van der Waals surface area contributed by atoms with Gasteiger partial charge >= 0.3 is 11.9 Å². The van der Waals surface area contributed by atoms with Crippen molar-refractivity contribution >= 4 is 23.7 Å². The second-order valence-corrected chi connectivity index (χ2v) is 9.24. The number of esters is 2. The van der Waals surface area contributed by atoms with Gasteiger partial charge in [-0.2, -0.15) is 0 Å². The van der Waals surface area contributed by atoms with E-state index in [1.165, 1.54) is 11.8 Å². The van der Waals surface area contributed by atoms with E-state index in [0.29, 0.717) is 12.2 Å². The van der Waals surface area contributed by atoms with Gasteiger partial charge in [0.05, 0.1) is 10.8 Å². The summed E-state index contributed by atoms with van der Waals surface area (Å²) >= 11 is 1.37. The van der Waals surface area contributed by atoms with Crippen LogP contribution in [-0.2, 0) is 35.4 Å². The molecule has 0 fully saturated rings. The molecular weight excluding hydrogens is 408 g/mol. The minimum atomic E-state index is -0.976. The minimum Gasteiger partial charge on any atom is -0.462 e. The van der Waals surface area contributed by atoms with Gasteiger partial charge in [-0.15, -0.1) is 11.8 Å². The van der Waals surface area contributed by atoms with Crippen molar-refractivity contribution in [2.24, 2.45) is 10.8 Å². The molecule has 0 aliphatic carbocycles. The Bertz CT molecular complexity index is 646. The standard InChI is InChI=1S/C22H34O7S/c1-6-21(2,3)19(24)27-13-18(23)14-28-29-16-30-15-22(4,5)20(25)26-12-17-10-8-7-9-11-17/h7-11,18,23H,6,12-16H2,1-5H3. The third-order valence-corrected chi connectivity index (χ3v) is 5.74. The average Bonchev–Trinajstić information content (AvgIpc) is 2.73. The van der Waals surface area contributed by atoms with Gasteiger partial charge < -0.3 is 14.6 Å². The van der Waals surface area contributed by atoms with Crippen molar-refractivity contribution in [3.63, 3.8) is 0 Å². The molecule has 0 saturated heterocycles. The summed E-state index contributed by atoms with van der Waals surface area (Å²) in [5, 5.41) is 9.80. The fourth-order valence-corrected chi connectivity index (χ4v) is 2.88. The molecule has 0 bridgehead atoms. The van der Waals surface area contributed by atoms with Gasteiger partial charge in [0, 0.05) is 5.75 Å². The van der Waals surface area contributed by atoms with Crippen LogP contribution in [0.1, 0.15) is 46.6 Å². The van der Waals surface area contributed by atoms with Crippen LogP contribution in [0.2, 0.25) is 0 Å². The molecular formula is C22H34O7S. The number of hydrogen-bond acceptors (Lipinski definition) is 8. The fourth-order valence-electron chi connectivity index (χ4n) is 2.03. The molecule has 1 atom stereocenters. The Morgan fingerprint density at radius 3 is 2.23 bits per heavy atom. The Morgan fingerprint density at radius 2 is 1.60 bits per heavy atom. The molecule has 0 aromatic heterocycles. The first-order valence-corrected chi connectivity index (χ1v) is 11.1. The van der Waals surface area contributed by atoms with Crippen molar-refractivity contribution in [1.82, 2.24) is 0 Å². The summed E-state index contributed by atoms with van der Waals surface area (Å²) in [6.45, 7) is 9.06. The number of carbonyl (C=O) groups is 2. The maximum atomic E-state index is 12.3. The lowest BCUT2D eigenvalue weighted by atomic mass is 9.91. The van der Waals surface area contributed by atoms with Crippen LogP contribution in [-0.4, -0.2) is 48.1 Å². The lowest BCUT2D eigenvalue weighted by Crippen LogP contribution is -2.31. The molecule has 0 aliphatic heterocycles. The van der Waals surface area contributed by atoms with Crippen LogP contribution in [0.4, 0.5) is 0 Å². The van der Waals surface area contributed by atoms with E-state index in [1.54, 1.807) is 13.8 Å². The highest BCUT2D eigenvalue weighted by Crippen LogP contribution is 2.24. The second-order valence-electron chi connectivity index (χ2n) is 8.30. The molecule has 8 heteroatoms. The van der Waals surface area contributed by atoms with Crippen LogP contribution < -0.4 is 0 Å². The van der Waals surface area contributed by atoms with Crippen LogP contribution in [0.5, 0.6) is 0 Å². The quantitative estimate of drug-likeness (QED) is 0.153. The summed E-state index contributed by atoms with van der Waals surface area (Å²) in [5.41, 5.74) is -0.320. The van der Waals surface area contributed by atoms with Crippen molar-refractivity contribution in [2.75, 3.05) is 24.9 Å². The van der Waals surface area contributed by atoms with Crippen LogP contribution in [0.15, 0.2) is 30.3 Å². The first-order valence-electron chi connectivity index (χ1n) is 9.97. The monoisotopic (exact) mass is 442 g/mol. The van der Waals surface area contributed by atoms with Crippen LogP contribution >= 0.6 is 11.8 Å². The van der Waals surface area contributed by atoms with Crippen molar-refractivity contribution in [2.45, 2.75) is 53.8 Å². The topological polar surface area (TPSA) is 91.3 Å². The van der Waals surface area contributed by atoms with E-state index in [4.69, 9.17) is 19.2 Å². The van der Waals surface area contributed by atoms with E-state index in [0.717, 1.165) is 5.56 Å². The molecule has 1 unspecified atom stereocenters. The lowest BCUT2D eigenvalue weighted by molar-refractivity contribution is -0.292. The number of rotatable bonds is 14. The van der Waals surface area contributed by atoms with Gasteiger partial charge in [0.1, 0.15) is 31.9 Å². The first kappa shape index (κ1) is 26.4. The van der Waals surface area contributed by atoms with Crippen molar-refractivity contribution < 1.29 is 33.9 Å². The predicted molar refractivity (Wildman–Crippen MR) is 115 cm³/mol. The molecule has 0 saturated carbocycles. The highest BCUT2D eigenvalue weighted by atomic mass is 32.2. The molecule has 170 valence electrons. The van der Waals surface area contributed by atoms with E-state index in [2.05, 4.69) is 0 Å². The average molecular weight is 443 g/mol. The molecule has 1 N–H and O–H groups in total. The molecule has 0 aliphatic rings. The van der Waals surface area contributed by atoms with Crippen LogP contribution in [0, 0.1) is 10.8 Å². The SMILES string of the molecule is CCC(C)(C)C(=O)OCC(O)COOCSCC(C)(C)C(=O)OCc1ccccc1. The van der Waals surface area contributed by atoms with Crippen LogP contribution in [0.25, 0.3) is 0 Å². The number of ether oxygens (including phenoxy) is 2. The molecule has 0 radical (unpaired) electrons. The van der Waals surface area contributed by atoms with Gasteiger partial charge in [0.25, 0.3) is 0 Å². The van der Waals surface area contributed by atoms with E-state index in [1.807, 2.05) is 51.1 Å². The number of benzene rings is 1. The smallest absolute Gasteiger partial charge is 0.312 e. The number of aliphatic hydroxyl groups excluding tert-OH is 1. The Balaban J connectivity index is 2.15. The normalized spacial score (nSPS) is 13.0. The zero-order valence-corrected chi connectivity index (χ0v) is 19.3. The maximum absolute atomic E-state index is 12.3. The summed E-state index contributed by atoms with van der Waals surface area (Å²) < 4.78 is 10.5. The van der Waals surface area contributed by atoms with E-state index in [-0.39, 0.29) is 37.7 Å². The highest BCUT2D eigenvalue weighted by molar-refractivity contribution is 7.99. The summed E-state index contributed by atoms with van der Waals surface area (Å²) in [7, 11) is 0. The third-order valence-electron chi connectivity index (χ3n) is 4.55. The molecule has 0 heterocycles. The van der Waals surface area contributed by atoms with E-state index >= 15 is 0 Å². The van der Waals surface area contributed by atoms with Crippen molar-refractivity contribution in [1.29, 1.82) is 0 Å². The zero-order valence-electron chi connectivity index (χ0n) is 18.5. The Labute approximate surface area is 183 Å². The summed E-state index contributed by atoms with van der Waals surface area (Å²) in [5.74, 6) is 0.0232. The van der Waals surface area contributed by atoms with E-state index in [9.17, 15) is 14.7 Å². The number of thioether (sulfide) groups is 1. The number of hydrogen-bond donors (Lipinski definition) is 1. The number of aliphatic hydroxyl groups is 1. The first-order chi connectivity index (χ1) is 14.1. The Hall–Kier alpha value is -1.61. The van der Waals surface area contributed by atoms with E-state index < -0.39 is 16.9 Å². The molecule has 1 rings (SSSR count). The summed E-state index contributed by atoms with van der Waals surface area (Å²) in [6.07, 6.45) is -0.328. The van der Waals surface area contributed by atoms with Crippen LogP contribution in [0.3, 0.4) is 0 Å². The second kappa shape index (κ2) is 12.9. The van der Waals surface area contributed by atoms with Gasteiger partial charge in [-0.25, -0.2) is 9.78 Å². The molecule has 0 amide bonds. The molecule has 1 aromatic carbocycles. The van der Waals surface area contributed by atoms with Gasteiger partial charge in [-0.1, -0.05) is 37.3 Å². The van der Waals surface area contributed by atoms with Crippen molar-refractivity contribution in [3.05, 3.63) is 35.9 Å². The summed E-state index contributed by atoms with van der Waals surface area (Å²) in [6, 6.07) is 9.51. The largest absolute Gasteiger partial charge is 0.462 e. The maximum Gasteiger partial charge on any atom is 0.312 e. The minimum absolute atomic E-state index is 0.122.